The zero-order valence-corrected chi connectivity index (χ0v) is 14.1. The van der Waals surface area contributed by atoms with Crippen LogP contribution in [-0.2, 0) is 6.42 Å². The number of halogens is 1. The van der Waals surface area contributed by atoms with Gasteiger partial charge >= 0.3 is 0 Å². The molecule has 3 aromatic rings. The van der Waals surface area contributed by atoms with Crippen LogP contribution >= 0.6 is 0 Å². The third-order valence-electron chi connectivity index (χ3n) is 4.08. The van der Waals surface area contributed by atoms with E-state index >= 15 is 0 Å². The minimum absolute atomic E-state index is 0.102. The Bertz CT molecular complexity index is 828. The van der Waals surface area contributed by atoms with E-state index in [4.69, 9.17) is 0 Å². The molecule has 4 nitrogen and oxygen atoms in total. The first-order valence-electron chi connectivity index (χ1n) is 8.24. The molecule has 5 heteroatoms. The second-order valence-electron chi connectivity index (χ2n) is 5.98. The molecule has 0 radical (unpaired) electrons. The van der Waals surface area contributed by atoms with Gasteiger partial charge in [-0.05, 0) is 43.2 Å². The lowest BCUT2D eigenvalue weighted by atomic mass is 10.1. The van der Waals surface area contributed by atoms with Gasteiger partial charge in [-0.15, -0.1) is 0 Å². The van der Waals surface area contributed by atoms with Crippen molar-refractivity contribution in [2.24, 2.45) is 0 Å². The first kappa shape index (κ1) is 16.9. The highest BCUT2D eigenvalue weighted by molar-refractivity contribution is 5.93. The van der Waals surface area contributed by atoms with Crippen LogP contribution in [0.4, 0.5) is 4.39 Å². The first-order chi connectivity index (χ1) is 12.1. The maximum atomic E-state index is 12.9. The average molecular weight is 337 g/mol. The van der Waals surface area contributed by atoms with Crippen LogP contribution in [0.5, 0.6) is 0 Å². The number of aromatic amines is 1. The van der Waals surface area contributed by atoms with Crippen LogP contribution in [0.25, 0.3) is 11.3 Å². The highest BCUT2D eigenvalue weighted by atomic mass is 19.1. The SMILES string of the molecule is CN(CCCc1cc(-c2ccccc2)n[nH]1)C(=O)c1ccc(F)cc1. The smallest absolute Gasteiger partial charge is 0.253 e. The van der Waals surface area contributed by atoms with Crippen molar-refractivity contribution < 1.29 is 9.18 Å². The lowest BCUT2D eigenvalue weighted by molar-refractivity contribution is 0.0793. The second kappa shape index (κ2) is 7.75. The summed E-state index contributed by atoms with van der Waals surface area (Å²) in [6.45, 7) is 0.621. The van der Waals surface area contributed by atoms with E-state index in [0.717, 1.165) is 29.8 Å². The zero-order chi connectivity index (χ0) is 17.6. The summed E-state index contributed by atoms with van der Waals surface area (Å²) in [6.07, 6.45) is 1.63. The fourth-order valence-corrected chi connectivity index (χ4v) is 2.67. The standard InChI is InChI=1S/C20H20FN3O/c1-24(20(25)16-9-11-17(21)12-10-16)13-5-8-18-14-19(23-22-18)15-6-3-2-4-7-15/h2-4,6-7,9-12,14H,5,8,13H2,1H3,(H,22,23). The summed E-state index contributed by atoms with van der Waals surface area (Å²) >= 11 is 0. The molecule has 0 spiro atoms. The fourth-order valence-electron chi connectivity index (χ4n) is 2.67. The van der Waals surface area contributed by atoms with E-state index in [1.54, 1.807) is 11.9 Å². The summed E-state index contributed by atoms with van der Waals surface area (Å²) < 4.78 is 12.9. The van der Waals surface area contributed by atoms with Crippen molar-refractivity contribution >= 4 is 5.91 Å². The topological polar surface area (TPSA) is 49.0 Å². The molecule has 0 bridgehead atoms. The minimum Gasteiger partial charge on any atom is -0.342 e. The fraction of sp³-hybridized carbons (Fsp3) is 0.200. The summed E-state index contributed by atoms with van der Waals surface area (Å²) in [5, 5.41) is 7.38. The highest BCUT2D eigenvalue weighted by Gasteiger charge is 2.11. The van der Waals surface area contributed by atoms with Gasteiger partial charge in [-0.2, -0.15) is 5.10 Å². The van der Waals surface area contributed by atoms with Gasteiger partial charge < -0.3 is 4.90 Å². The Morgan fingerprint density at radius 1 is 1.12 bits per heavy atom. The maximum absolute atomic E-state index is 12.9. The molecule has 128 valence electrons. The number of carbonyl (C=O) groups is 1. The van der Waals surface area contributed by atoms with Gasteiger partial charge in [-0.3, -0.25) is 9.89 Å². The summed E-state index contributed by atoms with van der Waals surface area (Å²) in [5.74, 6) is -0.442. The molecule has 1 aromatic heterocycles. The quantitative estimate of drug-likeness (QED) is 0.741. The molecule has 0 saturated heterocycles. The van der Waals surface area contributed by atoms with Gasteiger partial charge in [0.25, 0.3) is 5.91 Å². The van der Waals surface area contributed by atoms with E-state index < -0.39 is 0 Å². The normalized spacial score (nSPS) is 10.6. The van der Waals surface area contributed by atoms with Crippen molar-refractivity contribution in [1.29, 1.82) is 0 Å². The lowest BCUT2D eigenvalue weighted by Gasteiger charge is -2.16. The molecule has 0 saturated carbocycles. The number of nitrogens with zero attached hydrogens (tertiary/aromatic N) is 2. The molecule has 0 aliphatic heterocycles. The van der Waals surface area contributed by atoms with Crippen molar-refractivity contribution in [3.8, 4) is 11.3 Å². The molecule has 0 aliphatic carbocycles. The summed E-state index contributed by atoms with van der Waals surface area (Å²) in [5.41, 5.74) is 3.54. The van der Waals surface area contributed by atoms with Crippen molar-refractivity contribution in [3.63, 3.8) is 0 Å². The largest absolute Gasteiger partial charge is 0.342 e. The van der Waals surface area contributed by atoms with Crippen LogP contribution in [0.2, 0.25) is 0 Å². The van der Waals surface area contributed by atoms with Gasteiger partial charge in [-0.1, -0.05) is 30.3 Å². The third kappa shape index (κ3) is 4.32. The van der Waals surface area contributed by atoms with Crippen molar-refractivity contribution in [3.05, 3.63) is 77.7 Å². The Kier molecular flexibility index (Phi) is 5.23. The number of hydrogen-bond acceptors (Lipinski definition) is 2. The molecule has 0 aliphatic rings. The summed E-state index contributed by atoms with van der Waals surface area (Å²) in [4.78, 5) is 13.9. The van der Waals surface area contributed by atoms with Gasteiger partial charge in [0, 0.05) is 30.4 Å². The molecule has 1 heterocycles. The van der Waals surface area contributed by atoms with Crippen molar-refractivity contribution in [1.82, 2.24) is 15.1 Å². The molecule has 1 amide bonds. The van der Waals surface area contributed by atoms with Crippen molar-refractivity contribution in [2.75, 3.05) is 13.6 Å². The lowest BCUT2D eigenvalue weighted by Crippen LogP contribution is -2.28. The van der Waals surface area contributed by atoms with Crippen LogP contribution in [0.3, 0.4) is 0 Å². The van der Waals surface area contributed by atoms with Gasteiger partial charge in [-0.25, -0.2) is 4.39 Å². The Morgan fingerprint density at radius 3 is 2.56 bits per heavy atom. The van der Waals surface area contributed by atoms with E-state index in [1.165, 1.54) is 24.3 Å². The van der Waals surface area contributed by atoms with E-state index in [0.29, 0.717) is 12.1 Å². The molecule has 0 fully saturated rings. The van der Waals surface area contributed by atoms with Crippen LogP contribution in [-0.4, -0.2) is 34.6 Å². The van der Waals surface area contributed by atoms with Gasteiger partial charge in [0.15, 0.2) is 0 Å². The predicted molar refractivity (Wildman–Crippen MR) is 95.7 cm³/mol. The predicted octanol–water partition coefficient (Wildman–Crippen LogP) is 3.92. The first-order valence-corrected chi connectivity index (χ1v) is 8.24. The second-order valence-corrected chi connectivity index (χ2v) is 5.98. The highest BCUT2D eigenvalue weighted by Crippen LogP contribution is 2.17. The zero-order valence-electron chi connectivity index (χ0n) is 14.1. The Labute approximate surface area is 146 Å². The minimum atomic E-state index is -0.340. The molecule has 25 heavy (non-hydrogen) atoms. The maximum Gasteiger partial charge on any atom is 0.253 e. The number of carbonyl (C=O) groups excluding carboxylic acids is 1. The number of H-pyrrole nitrogens is 1. The van der Waals surface area contributed by atoms with E-state index in [2.05, 4.69) is 10.2 Å². The number of nitrogens with one attached hydrogen (secondary N) is 1. The average Bonchev–Trinajstić information content (AvgIpc) is 3.11. The molecule has 0 unspecified atom stereocenters. The van der Waals surface area contributed by atoms with E-state index in [1.807, 2.05) is 36.4 Å². The van der Waals surface area contributed by atoms with Crippen molar-refractivity contribution in [2.45, 2.75) is 12.8 Å². The van der Waals surface area contributed by atoms with E-state index in [-0.39, 0.29) is 11.7 Å². The van der Waals surface area contributed by atoms with E-state index in [9.17, 15) is 9.18 Å². The summed E-state index contributed by atoms with van der Waals surface area (Å²) in [7, 11) is 1.76. The van der Waals surface area contributed by atoms with Crippen LogP contribution in [0.15, 0.2) is 60.7 Å². The number of amides is 1. The Morgan fingerprint density at radius 2 is 1.84 bits per heavy atom. The third-order valence-corrected chi connectivity index (χ3v) is 4.08. The number of rotatable bonds is 6. The van der Waals surface area contributed by atoms with Crippen LogP contribution in [0, 0.1) is 5.82 Å². The molecule has 0 atom stereocenters. The van der Waals surface area contributed by atoms with Gasteiger partial charge in [0.05, 0.1) is 5.69 Å². The van der Waals surface area contributed by atoms with Gasteiger partial charge in [0.2, 0.25) is 0 Å². The molecular weight excluding hydrogens is 317 g/mol. The number of aromatic nitrogens is 2. The van der Waals surface area contributed by atoms with Crippen LogP contribution in [0.1, 0.15) is 22.5 Å². The molecule has 3 rings (SSSR count). The number of hydrogen-bond donors (Lipinski definition) is 1. The number of benzene rings is 2. The van der Waals surface area contributed by atoms with Crippen LogP contribution < -0.4 is 0 Å². The molecule has 1 N–H and O–H groups in total. The Balaban J connectivity index is 1.52. The molecule has 2 aromatic carbocycles. The monoisotopic (exact) mass is 337 g/mol. The number of aryl methyl sites for hydroxylation is 1. The van der Waals surface area contributed by atoms with Gasteiger partial charge in [0.1, 0.15) is 5.82 Å². The molecular formula is C20H20FN3O. The Hall–Kier alpha value is -2.95. The summed E-state index contributed by atoms with van der Waals surface area (Å²) in [6, 6.07) is 17.7.